The van der Waals surface area contributed by atoms with Crippen LogP contribution in [0.1, 0.15) is 59.3 Å². The van der Waals surface area contributed by atoms with Crippen LogP contribution in [-0.4, -0.2) is 97.6 Å². The van der Waals surface area contributed by atoms with Gasteiger partial charge in [-0.25, -0.2) is 18.0 Å². The smallest absolute Gasteiger partial charge is 0.411 e. The monoisotopic (exact) mass is 765 g/mol. The Balaban J connectivity index is 1.25. The quantitative estimate of drug-likeness (QED) is 0.302. The molecule has 0 bridgehead atoms. The van der Waals surface area contributed by atoms with Crippen molar-refractivity contribution in [3.05, 3.63) is 66.7 Å². The molecule has 0 aromatic heterocycles. The third kappa shape index (κ3) is 9.39. The van der Waals surface area contributed by atoms with E-state index in [9.17, 15) is 32.4 Å². The number of carbonyl (C=O) groups excluding carboxylic acids is 5. The highest BCUT2D eigenvalue weighted by molar-refractivity contribution is 7.91. The molecule has 4 N–H and O–H groups in total. The van der Waals surface area contributed by atoms with Gasteiger partial charge in [0.25, 0.3) is 5.91 Å². The van der Waals surface area contributed by atoms with Crippen LogP contribution in [0.5, 0.6) is 0 Å². The molecule has 0 unspecified atom stereocenters. The van der Waals surface area contributed by atoms with Gasteiger partial charge in [-0.15, -0.1) is 0 Å². The summed E-state index contributed by atoms with van der Waals surface area (Å²) in [6.45, 7) is 4.80. The van der Waals surface area contributed by atoms with Crippen LogP contribution in [0.4, 0.5) is 15.3 Å². The second kappa shape index (κ2) is 15.8. The molecule has 2 heterocycles. The van der Waals surface area contributed by atoms with Gasteiger partial charge in [0.2, 0.25) is 21.8 Å². The lowest BCUT2D eigenvalue weighted by molar-refractivity contribution is -0.142. The largest absolute Gasteiger partial charge is 0.444 e. The molecule has 15 nitrogen and oxygen atoms in total. The Morgan fingerprint density at radius 1 is 1.00 bits per heavy atom. The minimum atomic E-state index is -3.93. The summed E-state index contributed by atoms with van der Waals surface area (Å²) < 4.78 is 44.7. The number of para-hydroxylation sites is 1. The Morgan fingerprint density at radius 2 is 1.72 bits per heavy atom. The molecule has 54 heavy (non-hydrogen) atoms. The molecule has 2 aromatic carbocycles. The fourth-order valence-corrected chi connectivity index (χ4v) is 8.05. The van der Waals surface area contributed by atoms with Gasteiger partial charge < -0.3 is 29.7 Å². The molecule has 290 valence electrons. The number of carbonyl (C=O) groups is 5. The summed E-state index contributed by atoms with van der Waals surface area (Å²) in [6, 6.07) is 14.1. The molecule has 4 aliphatic rings. The third-order valence-corrected chi connectivity index (χ3v) is 11.5. The molecule has 0 radical (unpaired) electrons. The number of alkyl carbamates (subject to hydrolysis) is 1. The molecule has 5 amide bonds. The Hall–Kier alpha value is -4.96. The number of nitrogens with one attached hydrogen (secondary N) is 4. The van der Waals surface area contributed by atoms with Gasteiger partial charge >= 0.3 is 12.2 Å². The van der Waals surface area contributed by atoms with Crippen LogP contribution in [0.2, 0.25) is 0 Å². The lowest BCUT2D eigenvalue weighted by Gasteiger charge is -2.30. The number of ether oxygens (including phenoxy) is 3. The van der Waals surface area contributed by atoms with Crippen molar-refractivity contribution in [2.24, 2.45) is 5.92 Å². The topological polar surface area (TPSA) is 199 Å². The molecular weight excluding hydrogens is 719 g/mol. The Kier molecular flexibility index (Phi) is 11.3. The third-order valence-electron chi connectivity index (χ3n) is 9.64. The molecule has 16 heteroatoms. The molecule has 5 atom stereocenters. The van der Waals surface area contributed by atoms with Gasteiger partial charge in [-0.2, -0.15) is 0 Å². The summed E-state index contributed by atoms with van der Waals surface area (Å²) in [7, 11) is -3.93. The van der Waals surface area contributed by atoms with E-state index in [1.54, 1.807) is 39.0 Å². The molecule has 0 spiro atoms. The number of nitrogens with zero attached hydrogens (tertiary/aromatic N) is 1. The number of sulfonamides is 1. The highest BCUT2D eigenvalue weighted by Crippen LogP contribution is 2.46. The van der Waals surface area contributed by atoms with Gasteiger partial charge in [-0.3, -0.25) is 24.4 Å². The van der Waals surface area contributed by atoms with Crippen molar-refractivity contribution in [1.29, 1.82) is 0 Å². The average Bonchev–Trinajstić information content (AvgIpc) is 4.03. The number of allylic oxidation sites excluding steroid dienone is 1. The van der Waals surface area contributed by atoms with Crippen LogP contribution in [0.3, 0.4) is 0 Å². The summed E-state index contributed by atoms with van der Waals surface area (Å²) in [6.07, 6.45) is 2.91. The van der Waals surface area contributed by atoms with Crippen molar-refractivity contribution in [1.82, 2.24) is 20.3 Å². The minimum absolute atomic E-state index is 0.143. The van der Waals surface area contributed by atoms with Gasteiger partial charge in [-0.05, 0) is 64.5 Å². The van der Waals surface area contributed by atoms with E-state index in [4.69, 9.17) is 14.2 Å². The first-order chi connectivity index (χ1) is 25.6. The number of benzene rings is 2. The van der Waals surface area contributed by atoms with E-state index in [0.29, 0.717) is 31.4 Å². The SMILES string of the molecule is CC(C)(C)OC(=O)N[C@H]1COCCC/C=C\[C@H]2C[C@@]2(C(=O)NS(=O)(=O)C2CC2)NC(=O)[C@@H]2C[C@@H](OC(=O)Nc3ccccc3-c3ccccc3)CN2C1=O. The van der Waals surface area contributed by atoms with Crippen LogP contribution in [0.15, 0.2) is 66.7 Å². The van der Waals surface area contributed by atoms with Crippen molar-refractivity contribution in [2.45, 2.75) is 93.9 Å². The molecular formula is C38H47N5O10S. The average molecular weight is 766 g/mol. The van der Waals surface area contributed by atoms with Crippen molar-refractivity contribution >= 4 is 45.6 Å². The van der Waals surface area contributed by atoms with Gasteiger partial charge in [0.1, 0.15) is 29.3 Å². The van der Waals surface area contributed by atoms with Crippen LogP contribution in [0, 0.1) is 5.92 Å². The predicted molar refractivity (Wildman–Crippen MR) is 197 cm³/mol. The van der Waals surface area contributed by atoms with E-state index < -0.39 is 80.4 Å². The lowest BCUT2D eigenvalue weighted by atomic mass is 10.0. The number of anilines is 1. The van der Waals surface area contributed by atoms with E-state index in [1.807, 2.05) is 48.5 Å². The zero-order valence-electron chi connectivity index (χ0n) is 30.5. The van der Waals surface area contributed by atoms with E-state index >= 15 is 0 Å². The maximum atomic E-state index is 14.3. The van der Waals surface area contributed by atoms with Gasteiger partial charge in [0, 0.05) is 24.5 Å². The number of hydrogen-bond acceptors (Lipinski definition) is 10. The first-order valence-electron chi connectivity index (χ1n) is 18.2. The lowest BCUT2D eigenvalue weighted by Crippen LogP contribution is -2.59. The van der Waals surface area contributed by atoms with E-state index in [2.05, 4.69) is 20.7 Å². The Labute approximate surface area is 314 Å². The normalized spacial score (nSPS) is 26.8. The first kappa shape index (κ1) is 38.8. The van der Waals surface area contributed by atoms with Crippen molar-refractivity contribution in [2.75, 3.05) is 25.1 Å². The Morgan fingerprint density at radius 3 is 2.44 bits per heavy atom. The summed E-state index contributed by atoms with van der Waals surface area (Å²) in [5.41, 5.74) is -0.350. The number of hydrogen-bond donors (Lipinski definition) is 4. The predicted octanol–water partition coefficient (Wildman–Crippen LogP) is 3.61. The molecule has 3 fully saturated rings. The number of fused-ring (bicyclic) bond motifs is 2. The van der Waals surface area contributed by atoms with Crippen molar-refractivity contribution in [3.63, 3.8) is 0 Å². The molecule has 2 saturated carbocycles. The summed E-state index contributed by atoms with van der Waals surface area (Å²) in [5, 5.41) is 7.45. The summed E-state index contributed by atoms with van der Waals surface area (Å²) in [5.74, 6) is -2.80. The summed E-state index contributed by atoms with van der Waals surface area (Å²) >= 11 is 0. The van der Waals surface area contributed by atoms with Gasteiger partial charge in [-0.1, -0.05) is 60.7 Å². The molecule has 2 aliphatic carbocycles. The second-order valence-corrected chi connectivity index (χ2v) is 17.1. The van der Waals surface area contributed by atoms with Crippen molar-refractivity contribution in [3.8, 4) is 11.1 Å². The number of amides is 5. The maximum absolute atomic E-state index is 14.3. The standard InChI is InChI=1S/C38H47N5O10S/c1-37(2,3)53-36(48)40-30-23-51-19-11-5-8-14-25-21-38(25,34(46)42-54(49,50)27-17-18-27)41-32(44)31-20-26(22-43(31)33(30)45)52-35(47)39-29-16-10-9-15-28(29)24-12-6-4-7-13-24/h4,6-10,12-16,25-27,30-31H,5,11,17-23H2,1-3H3,(H,39,47)(H,40,48)(H,41,44)(H,42,46)/b14-8-/t25-,26+,30-,31-,38+/m0/s1. The molecule has 6 rings (SSSR count). The molecule has 2 aromatic rings. The summed E-state index contributed by atoms with van der Waals surface area (Å²) in [4.78, 5) is 69.5. The number of rotatable bonds is 7. The first-order valence-corrected chi connectivity index (χ1v) is 19.7. The molecule has 2 aliphatic heterocycles. The van der Waals surface area contributed by atoms with Crippen molar-refractivity contribution < 1.29 is 46.6 Å². The van der Waals surface area contributed by atoms with Crippen LogP contribution in [-0.2, 0) is 38.6 Å². The van der Waals surface area contributed by atoms with E-state index in [-0.39, 0.29) is 32.6 Å². The van der Waals surface area contributed by atoms with Gasteiger partial charge in [0.15, 0.2) is 0 Å². The minimum Gasteiger partial charge on any atom is -0.444 e. The van der Waals surface area contributed by atoms with E-state index in [1.165, 1.54) is 4.90 Å². The second-order valence-electron chi connectivity index (χ2n) is 15.1. The highest BCUT2D eigenvalue weighted by atomic mass is 32.2. The van der Waals surface area contributed by atoms with Crippen LogP contribution < -0.4 is 20.7 Å². The maximum Gasteiger partial charge on any atom is 0.411 e. The van der Waals surface area contributed by atoms with Crippen LogP contribution in [0.25, 0.3) is 11.1 Å². The van der Waals surface area contributed by atoms with Crippen LogP contribution >= 0.6 is 0 Å². The fraction of sp³-hybridized carbons (Fsp3) is 0.500. The molecule has 1 saturated heterocycles. The zero-order valence-corrected chi connectivity index (χ0v) is 31.4. The van der Waals surface area contributed by atoms with E-state index in [0.717, 1.165) is 11.1 Å². The van der Waals surface area contributed by atoms with Gasteiger partial charge in [0.05, 0.1) is 24.1 Å². The zero-order chi connectivity index (χ0) is 38.7. The Bertz CT molecular complexity index is 1890. The fourth-order valence-electron chi connectivity index (χ4n) is 6.68. The highest BCUT2D eigenvalue weighted by Gasteiger charge is 2.62.